The third kappa shape index (κ3) is 2.17. The first kappa shape index (κ1) is 12.7. The van der Waals surface area contributed by atoms with Gasteiger partial charge in [0.15, 0.2) is 0 Å². The van der Waals surface area contributed by atoms with Gasteiger partial charge in [-0.3, -0.25) is 0 Å². The lowest BCUT2D eigenvalue weighted by molar-refractivity contribution is 0.516. The van der Waals surface area contributed by atoms with Crippen molar-refractivity contribution in [1.29, 1.82) is 0 Å². The van der Waals surface area contributed by atoms with E-state index in [9.17, 15) is 13.2 Å². The minimum atomic E-state index is -0.932. The van der Waals surface area contributed by atoms with E-state index >= 15 is 0 Å². The summed E-state index contributed by atoms with van der Waals surface area (Å²) in [7, 11) is 0. The predicted octanol–water partition coefficient (Wildman–Crippen LogP) is 3.70. The Morgan fingerprint density at radius 1 is 1.05 bits per heavy atom. The van der Waals surface area contributed by atoms with Crippen LogP contribution < -0.4 is 5.73 Å². The zero-order valence-electron chi connectivity index (χ0n) is 10.1. The number of benzene rings is 1. The van der Waals surface area contributed by atoms with Crippen molar-refractivity contribution in [3.05, 3.63) is 56.5 Å². The molecule has 1 aromatic heterocycles. The Kier molecular flexibility index (Phi) is 3.11. The van der Waals surface area contributed by atoms with Gasteiger partial charge < -0.3 is 5.73 Å². The zero-order valence-corrected chi connectivity index (χ0v) is 10.9. The highest BCUT2D eigenvalue weighted by molar-refractivity contribution is 7.12. The fourth-order valence-electron chi connectivity index (χ4n) is 2.50. The lowest BCUT2D eigenvalue weighted by atomic mass is 10.0. The first-order valence-electron chi connectivity index (χ1n) is 6.08. The molecular formula is C14H12F3NS. The molecule has 0 saturated heterocycles. The lowest BCUT2D eigenvalue weighted by Gasteiger charge is -2.12. The van der Waals surface area contributed by atoms with Gasteiger partial charge in [-0.15, -0.1) is 11.3 Å². The van der Waals surface area contributed by atoms with Crippen molar-refractivity contribution < 1.29 is 13.2 Å². The molecule has 0 fully saturated rings. The minimum Gasteiger partial charge on any atom is -0.319 e. The normalized spacial score (nSPS) is 15.6. The molecule has 2 N–H and O–H groups in total. The average Bonchev–Trinajstić information content (AvgIpc) is 2.86. The Morgan fingerprint density at radius 3 is 2.37 bits per heavy atom. The highest BCUT2D eigenvalue weighted by Gasteiger charge is 2.24. The van der Waals surface area contributed by atoms with E-state index in [4.69, 9.17) is 5.73 Å². The maximum absolute atomic E-state index is 13.7. The van der Waals surface area contributed by atoms with Crippen LogP contribution in [-0.4, -0.2) is 0 Å². The molecule has 1 aromatic carbocycles. The quantitative estimate of drug-likeness (QED) is 0.893. The summed E-state index contributed by atoms with van der Waals surface area (Å²) in [6.07, 6.45) is 3.12. The van der Waals surface area contributed by atoms with Crippen LogP contribution in [0.1, 0.15) is 33.3 Å². The average molecular weight is 283 g/mol. The summed E-state index contributed by atoms with van der Waals surface area (Å²) in [5.74, 6) is -2.79. The number of nitrogens with two attached hydrogens (primary N) is 1. The molecule has 0 radical (unpaired) electrons. The molecular weight excluding hydrogens is 271 g/mol. The third-order valence-electron chi connectivity index (χ3n) is 3.43. The van der Waals surface area contributed by atoms with Crippen molar-refractivity contribution in [2.24, 2.45) is 5.73 Å². The van der Waals surface area contributed by atoms with E-state index in [1.54, 1.807) is 0 Å². The van der Waals surface area contributed by atoms with Gasteiger partial charge in [0.25, 0.3) is 0 Å². The minimum absolute atomic E-state index is 0.263. The molecule has 100 valence electrons. The Labute approximate surface area is 112 Å². The number of hydrogen-bond donors (Lipinski definition) is 1. The summed E-state index contributed by atoms with van der Waals surface area (Å²) < 4.78 is 40.3. The van der Waals surface area contributed by atoms with Crippen LogP contribution >= 0.6 is 11.3 Å². The van der Waals surface area contributed by atoms with Gasteiger partial charge in [-0.05, 0) is 30.9 Å². The van der Waals surface area contributed by atoms with Crippen molar-refractivity contribution in [1.82, 2.24) is 0 Å². The standard InChI is InChI=1S/C14H12F3NS/c15-8-5-9(16)13(10(17)6-8)14(18)12-4-7-2-1-3-11(7)19-12/h4-6,14H,1-3,18H2. The molecule has 1 aliphatic rings. The molecule has 1 atom stereocenters. The zero-order chi connectivity index (χ0) is 13.6. The molecule has 0 aliphatic heterocycles. The van der Waals surface area contributed by atoms with Crippen molar-refractivity contribution >= 4 is 11.3 Å². The van der Waals surface area contributed by atoms with Gasteiger partial charge in [0, 0.05) is 27.5 Å². The first-order valence-corrected chi connectivity index (χ1v) is 6.89. The monoisotopic (exact) mass is 283 g/mol. The van der Waals surface area contributed by atoms with Crippen LogP contribution in [0.5, 0.6) is 0 Å². The predicted molar refractivity (Wildman–Crippen MR) is 68.7 cm³/mol. The van der Waals surface area contributed by atoms with Gasteiger partial charge in [-0.2, -0.15) is 0 Å². The third-order valence-corrected chi connectivity index (χ3v) is 4.75. The van der Waals surface area contributed by atoms with E-state index in [1.165, 1.54) is 21.8 Å². The molecule has 1 heterocycles. The van der Waals surface area contributed by atoms with Crippen LogP contribution in [0.3, 0.4) is 0 Å². The second-order valence-electron chi connectivity index (χ2n) is 4.71. The maximum Gasteiger partial charge on any atom is 0.134 e. The molecule has 2 aromatic rings. The van der Waals surface area contributed by atoms with Gasteiger partial charge in [-0.1, -0.05) is 0 Å². The van der Waals surface area contributed by atoms with Gasteiger partial charge in [0.1, 0.15) is 17.5 Å². The van der Waals surface area contributed by atoms with Gasteiger partial charge in [-0.25, -0.2) is 13.2 Å². The van der Waals surface area contributed by atoms with Crippen LogP contribution in [0, 0.1) is 17.5 Å². The summed E-state index contributed by atoms with van der Waals surface area (Å²) in [6.45, 7) is 0. The van der Waals surface area contributed by atoms with E-state index in [-0.39, 0.29) is 5.56 Å². The number of halogens is 3. The molecule has 1 aliphatic carbocycles. The topological polar surface area (TPSA) is 26.0 Å². The molecule has 1 nitrogen and oxygen atoms in total. The molecule has 0 spiro atoms. The second-order valence-corrected chi connectivity index (χ2v) is 5.88. The van der Waals surface area contributed by atoms with Crippen LogP contribution in [0.25, 0.3) is 0 Å². The lowest BCUT2D eigenvalue weighted by Crippen LogP contribution is -2.15. The number of rotatable bonds is 2. The van der Waals surface area contributed by atoms with Crippen molar-refractivity contribution in [3.63, 3.8) is 0 Å². The summed E-state index contributed by atoms with van der Waals surface area (Å²) in [4.78, 5) is 1.97. The Hall–Kier alpha value is -1.33. The smallest absolute Gasteiger partial charge is 0.134 e. The molecule has 5 heteroatoms. The van der Waals surface area contributed by atoms with Crippen LogP contribution in [-0.2, 0) is 12.8 Å². The van der Waals surface area contributed by atoms with Gasteiger partial charge in [0.05, 0.1) is 6.04 Å². The maximum atomic E-state index is 13.7. The second kappa shape index (κ2) is 4.65. The summed E-state index contributed by atoms with van der Waals surface area (Å²) in [5, 5.41) is 0. The van der Waals surface area contributed by atoms with E-state index in [0.717, 1.165) is 24.1 Å². The first-order chi connectivity index (χ1) is 9.06. The Morgan fingerprint density at radius 2 is 1.74 bits per heavy atom. The molecule has 3 rings (SSSR count). The fraction of sp³-hybridized carbons (Fsp3) is 0.286. The van der Waals surface area contributed by atoms with E-state index in [0.29, 0.717) is 12.1 Å². The molecule has 1 unspecified atom stereocenters. The summed E-state index contributed by atoms with van der Waals surface area (Å²) in [6, 6.07) is 2.37. The molecule has 19 heavy (non-hydrogen) atoms. The van der Waals surface area contributed by atoms with Crippen molar-refractivity contribution in [3.8, 4) is 0 Å². The van der Waals surface area contributed by atoms with Gasteiger partial charge >= 0.3 is 0 Å². The van der Waals surface area contributed by atoms with E-state index in [1.807, 2.05) is 6.07 Å². The SMILES string of the molecule is NC(c1cc2c(s1)CCC2)c1c(F)cc(F)cc1F. The number of aryl methyl sites for hydroxylation is 2. The number of fused-ring (bicyclic) bond motifs is 1. The van der Waals surface area contributed by atoms with E-state index in [2.05, 4.69) is 0 Å². The van der Waals surface area contributed by atoms with Crippen molar-refractivity contribution in [2.75, 3.05) is 0 Å². The number of thiophene rings is 1. The Balaban J connectivity index is 2.01. The van der Waals surface area contributed by atoms with Crippen LogP contribution in [0.2, 0.25) is 0 Å². The Bertz CT molecular complexity index is 591. The molecule has 0 saturated carbocycles. The molecule has 0 bridgehead atoms. The van der Waals surface area contributed by atoms with Crippen LogP contribution in [0.4, 0.5) is 13.2 Å². The summed E-state index contributed by atoms with van der Waals surface area (Å²) in [5.41, 5.74) is 6.90. The van der Waals surface area contributed by atoms with Gasteiger partial charge in [0.2, 0.25) is 0 Å². The fourth-order valence-corrected chi connectivity index (χ4v) is 3.77. The van der Waals surface area contributed by atoms with E-state index < -0.39 is 23.5 Å². The highest BCUT2D eigenvalue weighted by Crippen LogP contribution is 2.36. The van der Waals surface area contributed by atoms with Crippen LogP contribution in [0.15, 0.2) is 18.2 Å². The van der Waals surface area contributed by atoms with Crippen molar-refractivity contribution in [2.45, 2.75) is 25.3 Å². The summed E-state index contributed by atoms with van der Waals surface area (Å²) >= 11 is 1.49. The highest BCUT2D eigenvalue weighted by atomic mass is 32.1. The molecule has 0 amide bonds. The number of hydrogen-bond acceptors (Lipinski definition) is 2. The largest absolute Gasteiger partial charge is 0.319 e.